The molecule has 2 heterocycles. The molecule has 4 heteroatoms. The topological polar surface area (TPSA) is 58.4 Å². The molecule has 2 saturated heterocycles. The first-order chi connectivity index (χ1) is 6.77. The summed E-state index contributed by atoms with van der Waals surface area (Å²) in [6.45, 7) is 2.71. The summed E-state index contributed by atoms with van der Waals surface area (Å²) in [5, 5.41) is 2.96. The van der Waals surface area contributed by atoms with E-state index in [0.717, 1.165) is 45.3 Å². The molecule has 80 valence electrons. The first-order valence-electron chi connectivity index (χ1n) is 5.55. The molecule has 0 radical (unpaired) electrons. The van der Waals surface area contributed by atoms with E-state index in [1.54, 1.807) is 0 Å². The number of carbonyl (C=O) groups is 1. The molecule has 1 unspecified atom stereocenters. The number of nitrogens with two attached hydrogens (primary N) is 1. The van der Waals surface area contributed by atoms with E-state index in [1.165, 1.54) is 0 Å². The Morgan fingerprint density at radius 1 is 1.36 bits per heavy atom. The van der Waals surface area contributed by atoms with Crippen LogP contribution in [0.3, 0.4) is 0 Å². The van der Waals surface area contributed by atoms with E-state index in [0.29, 0.717) is 0 Å². The van der Waals surface area contributed by atoms with Gasteiger partial charge in [0.25, 0.3) is 0 Å². The Kier molecular flexibility index (Phi) is 3.03. The molecule has 0 aromatic heterocycles. The SMILES string of the molecule is N[C@@H]1CCN(C2CCCCNC2=O)C1. The molecule has 2 atom stereocenters. The van der Waals surface area contributed by atoms with Gasteiger partial charge in [-0.25, -0.2) is 0 Å². The lowest BCUT2D eigenvalue weighted by atomic mass is 10.1. The average Bonchev–Trinajstić information content (AvgIpc) is 2.46. The van der Waals surface area contributed by atoms with E-state index >= 15 is 0 Å². The number of hydrogen-bond donors (Lipinski definition) is 2. The first-order valence-corrected chi connectivity index (χ1v) is 5.55. The van der Waals surface area contributed by atoms with Crippen LogP contribution in [0.2, 0.25) is 0 Å². The Balaban J connectivity index is 1.97. The van der Waals surface area contributed by atoms with E-state index in [4.69, 9.17) is 5.73 Å². The van der Waals surface area contributed by atoms with E-state index in [2.05, 4.69) is 10.2 Å². The van der Waals surface area contributed by atoms with Gasteiger partial charge in [0.1, 0.15) is 0 Å². The van der Waals surface area contributed by atoms with Gasteiger partial charge in [-0.15, -0.1) is 0 Å². The van der Waals surface area contributed by atoms with E-state index in [1.807, 2.05) is 0 Å². The van der Waals surface area contributed by atoms with Crippen LogP contribution in [0, 0.1) is 0 Å². The normalized spacial score (nSPS) is 35.4. The fraction of sp³-hybridized carbons (Fsp3) is 0.900. The van der Waals surface area contributed by atoms with Gasteiger partial charge in [0.05, 0.1) is 6.04 Å². The Hall–Kier alpha value is -0.610. The summed E-state index contributed by atoms with van der Waals surface area (Å²) in [5.41, 5.74) is 5.84. The molecule has 3 N–H and O–H groups in total. The summed E-state index contributed by atoms with van der Waals surface area (Å²) >= 11 is 0. The molecule has 2 aliphatic heterocycles. The monoisotopic (exact) mass is 197 g/mol. The highest BCUT2D eigenvalue weighted by molar-refractivity contribution is 5.81. The van der Waals surface area contributed by atoms with Crippen LogP contribution in [-0.2, 0) is 4.79 Å². The van der Waals surface area contributed by atoms with Gasteiger partial charge in [0.2, 0.25) is 5.91 Å². The summed E-state index contributed by atoms with van der Waals surface area (Å²) < 4.78 is 0. The van der Waals surface area contributed by atoms with Crippen molar-refractivity contribution >= 4 is 5.91 Å². The smallest absolute Gasteiger partial charge is 0.237 e. The Morgan fingerprint density at radius 3 is 2.93 bits per heavy atom. The van der Waals surface area contributed by atoms with Gasteiger partial charge < -0.3 is 11.1 Å². The minimum Gasteiger partial charge on any atom is -0.355 e. The van der Waals surface area contributed by atoms with Crippen molar-refractivity contribution in [1.29, 1.82) is 0 Å². The Morgan fingerprint density at radius 2 is 2.21 bits per heavy atom. The molecule has 4 nitrogen and oxygen atoms in total. The minimum absolute atomic E-state index is 0.0889. The quantitative estimate of drug-likeness (QED) is 0.606. The lowest BCUT2D eigenvalue weighted by Gasteiger charge is -2.24. The summed E-state index contributed by atoms with van der Waals surface area (Å²) in [7, 11) is 0. The van der Waals surface area contributed by atoms with Crippen molar-refractivity contribution in [3.05, 3.63) is 0 Å². The highest BCUT2D eigenvalue weighted by atomic mass is 16.2. The molecule has 2 fully saturated rings. The third-order valence-corrected chi connectivity index (χ3v) is 3.20. The van der Waals surface area contributed by atoms with Gasteiger partial charge in [-0.1, -0.05) is 0 Å². The molecule has 0 aromatic rings. The second-order valence-corrected chi connectivity index (χ2v) is 4.35. The number of nitrogens with zero attached hydrogens (tertiary/aromatic N) is 1. The highest BCUT2D eigenvalue weighted by Gasteiger charge is 2.31. The lowest BCUT2D eigenvalue weighted by Crippen LogP contribution is -2.45. The average molecular weight is 197 g/mol. The van der Waals surface area contributed by atoms with E-state index in [-0.39, 0.29) is 18.0 Å². The van der Waals surface area contributed by atoms with Crippen LogP contribution in [0.5, 0.6) is 0 Å². The van der Waals surface area contributed by atoms with Gasteiger partial charge in [-0.3, -0.25) is 9.69 Å². The number of hydrogen-bond acceptors (Lipinski definition) is 3. The Labute approximate surface area is 84.8 Å². The molecule has 14 heavy (non-hydrogen) atoms. The highest BCUT2D eigenvalue weighted by Crippen LogP contribution is 2.17. The van der Waals surface area contributed by atoms with Crippen LogP contribution in [-0.4, -0.2) is 42.5 Å². The largest absolute Gasteiger partial charge is 0.355 e. The number of amides is 1. The number of likely N-dealkylation sites (tertiary alicyclic amines) is 1. The first kappa shape index (κ1) is 9.93. The minimum atomic E-state index is 0.0889. The number of rotatable bonds is 1. The summed E-state index contributed by atoms with van der Waals surface area (Å²) in [4.78, 5) is 14.0. The third-order valence-electron chi connectivity index (χ3n) is 3.20. The lowest BCUT2D eigenvalue weighted by molar-refractivity contribution is -0.125. The molecule has 0 spiro atoms. The maximum Gasteiger partial charge on any atom is 0.237 e. The maximum absolute atomic E-state index is 11.7. The molecule has 2 rings (SSSR count). The second-order valence-electron chi connectivity index (χ2n) is 4.35. The Bertz CT molecular complexity index is 219. The van der Waals surface area contributed by atoms with Crippen LogP contribution >= 0.6 is 0 Å². The standard InChI is InChI=1S/C10H19N3O/c11-8-4-6-13(7-8)9-3-1-2-5-12-10(9)14/h8-9H,1-7,11H2,(H,12,14)/t8-,9?/m1/s1. The molecule has 0 bridgehead atoms. The fourth-order valence-corrected chi connectivity index (χ4v) is 2.37. The predicted molar refractivity (Wildman–Crippen MR) is 54.8 cm³/mol. The van der Waals surface area contributed by atoms with E-state index < -0.39 is 0 Å². The van der Waals surface area contributed by atoms with Crippen LogP contribution in [0.25, 0.3) is 0 Å². The van der Waals surface area contributed by atoms with Gasteiger partial charge in [-0.2, -0.15) is 0 Å². The zero-order chi connectivity index (χ0) is 9.97. The van der Waals surface area contributed by atoms with Crippen molar-refractivity contribution in [3.63, 3.8) is 0 Å². The molecule has 1 amide bonds. The van der Waals surface area contributed by atoms with Crippen LogP contribution < -0.4 is 11.1 Å². The summed E-state index contributed by atoms with van der Waals surface area (Å²) in [5.74, 6) is 0.205. The van der Waals surface area contributed by atoms with E-state index in [9.17, 15) is 4.79 Å². The summed E-state index contributed by atoms with van der Waals surface area (Å²) in [6.07, 6.45) is 4.29. The zero-order valence-corrected chi connectivity index (χ0v) is 8.54. The van der Waals surface area contributed by atoms with Crippen molar-refractivity contribution in [3.8, 4) is 0 Å². The van der Waals surface area contributed by atoms with Crippen molar-refractivity contribution < 1.29 is 4.79 Å². The summed E-state index contributed by atoms with van der Waals surface area (Å²) in [6, 6.07) is 0.358. The van der Waals surface area contributed by atoms with Crippen molar-refractivity contribution in [1.82, 2.24) is 10.2 Å². The predicted octanol–water partition coefficient (Wildman–Crippen LogP) is -0.312. The fourth-order valence-electron chi connectivity index (χ4n) is 2.37. The molecule has 2 aliphatic rings. The van der Waals surface area contributed by atoms with Crippen molar-refractivity contribution in [2.24, 2.45) is 5.73 Å². The molecule has 0 aromatic carbocycles. The number of carbonyl (C=O) groups excluding carboxylic acids is 1. The van der Waals surface area contributed by atoms with Gasteiger partial charge in [0, 0.05) is 25.7 Å². The van der Waals surface area contributed by atoms with Crippen LogP contribution in [0.4, 0.5) is 0 Å². The molecular weight excluding hydrogens is 178 g/mol. The zero-order valence-electron chi connectivity index (χ0n) is 8.54. The second kappa shape index (κ2) is 4.28. The molecule has 0 aliphatic carbocycles. The van der Waals surface area contributed by atoms with Crippen molar-refractivity contribution in [2.75, 3.05) is 19.6 Å². The van der Waals surface area contributed by atoms with Gasteiger partial charge >= 0.3 is 0 Å². The van der Waals surface area contributed by atoms with Crippen LogP contribution in [0.1, 0.15) is 25.7 Å². The number of nitrogens with one attached hydrogen (secondary N) is 1. The van der Waals surface area contributed by atoms with Gasteiger partial charge in [-0.05, 0) is 25.7 Å². The molecule has 0 saturated carbocycles. The molecular formula is C10H19N3O. The van der Waals surface area contributed by atoms with Gasteiger partial charge in [0.15, 0.2) is 0 Å². The third kappa shape index (κ3) is 2.07. The van der Waals surface area contributed by atoms with Crippen LogP contribution in [0.15, 0.2) is 0 Å². The van der Waals surface area contributed by atoms with Crippen molar-refractivity contribution in [2.45, 2.75) is 37.8 Å². The maximum atomic E-state index is 11.7.